The topological polar surface area (TPSA) is 73.7 Å². The number of carbonyl (C=O) groups excluding carboxylic acids is 1. The number of hydrogen-bond donors (Lipinski definition) is 1. The van der Waals surface area contributed by atoms with E-state index in [9.17, 15) is 18.0 Å². The van der Waals surface area contributed by atoms with Crippen LogP contribution in [0.25, 0.3) is 0 Å². The number of anilines is 1. The zero-order chi connectivity index (χ0) is 22.9. The molecule has 3 heterocycles. The SMILES string of the molecule is O=C(O)C(F)(F)F.O=C1N(CC2CC2)c2ccccc2C12CCN(Cc1ccccn1)C2. The van der Waals surface area contributed by atoms with Gasteiger partial charge < -0.3 is 10.0 Å². The summed E-state index contributed by atoms with van der Waals surface area (Å²) in [6, 6.07) is 14.5. The van der Waals surface area contributed by atoms with Gasteiger partial charge in [0.2, 0.25) is 5.91 Å². The van der Waals surface area contributed by atoms with E-state index in [2.05, 4.69) is 45.1 Å². The maximum Gasteiger partial charge on any atom is 0.490 e. The van der Waals surface area contributed by atoms with Crippen molar-refractivity contribution in [3.05, 3.63) is 59.9 Å². The minimum atomic E-state index is -5.08. The van der Waals surface area contributed by atoms with Crippen molar-refractivity contribution in [3.8, 4) is 0 Å². The van der Waals surface area contributed by atoms with Crippen molar-refractivity contribution in [2.75, 3.05) is 24.5 Å². The number of alkyl halides is 3. The highest BCUT2D eigenvalue weighted by Gasteiger charge is 2.54. The Morgan fingerprint density at radius 2 is 1.84 bits per heavy atom. The molecule has 2 aliphatic heterocycles. The average Bonchev–Trinajstić information content (AvgIpc) is 3.45. The first-order valence-corrected chi connectivity index (χ1v) is 10.5. The fourth-order valence-electron chi connectivity index (χ4n) is 4.48. The van der Waals surface area contributed by atoms with Gasteiger partial charge in [-0.25, -0.2) is 4.79 Å². The van der Waals surface area contributed by atoms with Crippen molar-refractivity contribution in [1.82, 2.24) is 9.88 Å². The molecule has 170 valence electrons. The third-order valence-electron chi connectivity index (χ3n) is 6.21. The van der Waals surface area contributed by atoms with Crippen LogP contribution in [0.2, 0.25) is 0 Å². The largest absolute Gasteiger partial charge is 0.490 e. The molecule has 1 atom stereocenters. The predicted molar refractivity (Wildman–Crippen MR) is 111 cm³/mol. The number of hydrogen-bond acceptors (Lipinski definition) is 4. The van der Waals surface area contributed by atoms with E-state index in [0.717, 1.165) is 44.0 Å². The average molecular weight is 447 g/mol. The maximum atomic E-state index is 13.4. The van der Waals surface area contributed by atoms with Gasteiger partial charge in [-0.05, 0) is 48.9 Å². The van der Waals surface area contributed by atoms with Crippen LogP contribution in [0.1, 0.15) is 30.5 Å². The lowest BCUT2D eigenvalue weighted by atomic mass is 9.81. The molecule has 2 fully saturated rings. The quantitative estimate of drug-likeness (QED) is 0.775. The van der Waals surface area contributed by atoms with Gasteiger partial charge in [-0.2, -0.15) is 13.2 Å². The number of aliphatic carboxylic acids is 1. The summed E-state index contributed by atoms with van der Waals surface area (Å²) in [6.07, 6.45) is 0.209. The number of carboxylic acid groups (broad SMARTS) is 1. The van der Waals surface area contributed by atoms with Crippen LogP contribution in [-0.2, 0) is 21.5 Å². The van der Waals surface area contributed by atoms with Crippen LogP contribution < -0.4 is 4.90 Å². The number of pyridine rings is 1. The van der Waals surface area contributed by atoms with Gasteiger partial charge in [-0.3, -0.25) is 14.7 Å². The first kappa shape index (κ1) is 22.3. The monoisotopic (exact) mass is 447 g/mol. The van der Waals surface area contributed by atoms with Gasteiger partial charge in [0, 0.05) is 38.1 Å². The molecule has 0 bridgehead atoms. The Kier molecular flexibility index (Phi) is 5.94. The molecule has 1 amide bonds. The summed E-state index contributed by atoms with van der Waals surface area (Å²) < 4.78 is 31.7. The second-order valence-electron chi connectivity index (χ2n) is 8.54. The molecule has 0 radical (unpaired) electrons. The van der Waals surface area contributed by atoms with E-state index >= 15 is 0 Å². The zero-order valence-electron chi connectivity index (χ0n) is 17.4. The standard InChI is InChI=1S/C21H23N3O.C2HF3O2/c25-20-21(10-12-23(15-21)14-17-5-3-4-11-22-17)18-6-1-2-7-19(18)24(20)13-16-8-9-16;3-2(4,5)1(6)7/h1-7,11,16H,8-10,12-15H2;(H,6,7). The molecule has 32 heavy (non-hydrogen) atoms. The van der Waals surface area contributed by atoms with E-state index < -0.39 is 12.1 Å². The molecule has 1 saturated heterocycles. The van der Waals surface area contributed by atoms with Crippen molar-refractivity contribution in [2.45, 2.75) is 37.4 Å². The van der Waals surface area contributed by atoms with E-state index in [-0.39, 0.29) is 5.41 Å². The predicted octanol–water partition coefficient (Wildman–Crippen LogP) is 3.62. The van der Waals surface area contributed by atoms with Crippen LogP contribution in [0.15, 0.2) is 48.7 Å². The molecule has 6 nitrogen and oxygen atoms in total. The molecule has 1 spiro atoms. The molecule has 1 aliphatic carbocycles. The highest BCUT2D eigenvalue weighted by molar-refractivity contribution is 6.08. The van der Waals surface area contributed by atoms with E-state index in [1.165, 1.54) is 18.4 Å². The van der Waals surface area contributed by atoms with Gasteiger partial charge >= 0.3 is 12.1 Å². The number of aromatic nitrogens is 1. The first-order valence-electron chi connectivity index (χ1n) is 10.5. The van der Waals surface area contributed by atoms with Crippen LogP contribution in [0, 0.1) is 5.92 Å². The lowest BCUT2D eigenvalue weighted by Crippen LogP contribution is -2.43. The Bertz CT molecular complexity index is 995. The van der Waals surface area contributed by atoms with Crippen molar-refractivity contribution in [1.29, 1.82) is 0 Å². The Balaban J connectivity index is 0.000000307. The molecule has 9 heteroatoms. The van der Waals surface area contributed by atoms with Gasteiger partial charge in [-0.15, -0.1) is 0 Å². The Morgan fingerprint density at radius 3 is 2.47 bits per heavy atom. The summed E-state index contributed by atoms with van der Waals surface area (Å²) in [4.78, 5) is 31.2. The summed E-state index contributed by atoms with van der Waals surface area (Å²) >= 11 is 0. The van der Waals surface area contributed by atoms with Crippen LogP contribution in [0.3, 0.4) is 0 Å². The number of fused-ring (bicyclic) bond motifs is 2. The number of likely N-dealkylation sites (tertiary alicyclic amines) is 1. The lowest BCUT2D eigenvalue weighted by molar-refractivity contribution is -0.192. The normalized spacial score (nSPS) is 22.6. The summed E-state index contributed by atoms with van der Waals surface area (Å²) in [5.41, 5.74) is 3.12. The van der Waals surface area contributed by atoms with Crippen LogP contribution >= 0.6 is 0 Å². The summed E-state index contributed by atoms with van der Waals surface area (Å²) in [5.74, 6) is -1.73. The van der Waals surface area contributed by atoms with E-state index in [4.69, 9.17) is 9.90 Å². The van der Waals surface area contributed by atoms with Gasteiger partial charge in [0.15, 0.2) is 0 Å². The second-order valence-corrected chi connectivity index (χ2v) is 8.54. The van der Waals surface area contributed by atoms with Gasteiger partial charge in [0.05, 0.1) is 11.1 Å². The molecule has 1 unspecified atom stereocenters. The fraction of sp³-hybridized carbons (Fsp3) is 0.435. The number of benzene rings is 1. The highest BCUT2D eigenvalue weighted by Crippen LogP contribution is 2.48. The number of rotatable bonds is 4. The molecule has 1 N–H and O–H groups in total. The van der Waals surface area contributed by atoms with Gasteiger partial charge in [-0.1, -0.05) is 24.3 Å². The number of carboxylic acids is 1. The van der Waals surface area contributed by atoms with Crippen LogP contribution in [0.4, 0.5) is 18.9 Å². The molecular formula is C23H24F3N3O3. The lowest BCUT2D eigenvalue weighted by Gasteiger charge is -2.24. The molecule has 5 rings (SSSR count). The maximum absolute atomic E-state index is 13.4. The van der Waals surface area contributed by atoms with Gasteiger partial charge in [0.25, 0.3) is 0 Å². The Hall–Kier alpha value is -2.94. The molecule has 1 aromatic carbocycles. The second kappa shape index (κ2) is 8.54. The van der Waals surface area contributed by atoms with Crippen molar-refractivity contribution in [3.63, 3.8) is 0 Å². The van der Waals surface area contributed by atoms with E-state index in [1.807, 2.05) is 18.3 Å². The smallest absolute Gasteiger partial charge is 0.475 e. The molecule has 3 aliphatic rings. The van der Waals surface area contributed by atoms with Crippen molar-refractivity contribution < 1.29 is 27.9 Å². The first-order chi connectivity index (χ1) is 15.2. The Morgan fingerprint density at radius 1 is 1.16 bits per heavy atom. The molecule has 2 aromatic rings. The van der Waals surface area contributed by atoms with Gasteiger partial charge in [0.1, 0.15) is 0 Å². The number of halogens is 3. The number of amides is 1. The van der Waals surface area contributed by atoms with Crippen LogP contribution in [0.5, 0.6) is 0 Å². The third kappa shape index (κ3) is 4.48. The minimum Gasteiger partial charge on any atom is -0.475 e. The number of carbonyl (C=O) groups is 2. The Labute approximate surface area is 183 Å². The van der Waals surface area contributed by atoms with Crippen molar-refractivity contribution in [2.24, 2.45) is 5.92 Å². The third-order valence-corrected chi connectivity index (χ3v) is 6.21. The van der Waals surface area contributed by atoms with E-state index in [1.54, 1.807) is 0 Å². The minimum absolute atomic E-state index is 0.323. The summed E-state index contributed by atoms with van der Waals surface area (Å²) in [7, 11) is 0. The highest BCUT2D eigenvalue weighted by atomic mass is 19.4. The number of nitrogens with zero attached hydrogens (tertiary/aromatic N) is 3. The zero-order valence-corrected chi connectivity index (χ0v) is 17.4. The summed E-state index contributed by atoms with van der Waals surface area (Å²) in [5, 5.41) is 7.12. The van der Waals surface area contributed by atoms with E-state index in [0.29, 0.717) is 11.8 Å². The fourth-order valence-corrected chi connectivity index (χ4v) is 4.48. The van der Waals surface area contributed by atoms with Crippen molar-refractivity contribution >= 4 is 17.6 Å². The summed E-state index contributed by atoms with van der Waals surface area (Å²) in [6.45, 7) is 3.48. The number of para-hydroxylation sites is 1. The molecule has 1 saturated carbocycles. The van der Waals surface area contributed by atoms with Crippen LogP contribution in [-0.4, -0.2) is 52.7 Å². The molecule has 1 aromatic heterocycles. The molecular weight excluding hydrogens is 423 g/mol.